The van der Waals surface area contributed by atoms with Crippen LogP contribution in [0.3, 0.4) is 0 Å². The number of guanidine groups is 1. The van der Waals surface area contributed by atoms with Crippen LogP contribution >= 0.6 is 11.6 Å². The molecule has 1 aromatic carbocycles. The second kappa shape index (κ2) is 26.0. The summed E-state index contributed by atoms with van der Waals surface area (Å²) in [4.78, 5) is 34.0. The van der Waals surface area contributed by atoms with Crippen LogP contribution in [0, 0.1) is 5.41 Å². The summed E-state index contributed by atoms with van der Waals surface area (Å²) in [6, 6.07) is 3.49. The lowest BCUT2D eigenvalue weighted by Gasteiger charge is -2.33. The molecule has 1 aliphatic rings. The van der Waals surface area contributed by atoms with Crippen LogP contribution in [0.2, 0.25) is 5.15 Å². The van der Waals surface area contributed by atoms with Gasteiger partial charge in [-0.1, -0.05) is 23.7 Å². The van der Waals surface area contributed by atoms with Gasteiger partial charge in [0.25, 0.3) is 5.91 Å². The van der Waals surface area contributed by atoms with Crippen LogP contribution in [-0.4, -0.2) is 185 Å². The molecule has 62 heavy (non-hydrogen) atoms. The Morgan fingerprint density at radius 1 is 0.758 bits per heavy atom. The SMILES string of the molecule is N=C(NCCCCc1ccc(CCC(NCCCN(CC(O)C(O)C(O)C(O)CO)CC(O)C(O)C(O)C(O)CO)C(N)=O)c2c1CCCC2)NC(=O)c1nc(Cl)c(N)nc1N. The maximum atomic E-state index is 12.5. The first-order chi connectivity index (χ1) is 29.4. The lowest BCUT2D eigenvalue weighted by molar-refractivity contribution is -0.130. The smallest absolute Gasteiger partial charge is 0.280 e. The summed E-state index contributed by atoms with van der Waals surface area (Å²) in [5.41, 5.74) is 21.8. The van der Waals surface area contributed by atoms with Gasteiger partial charge >= 0.3 is 0 Å². The van der Waals surface area contributed by atoms with E-state index in [-0.39, 0.29) is 48.0 Å². The van der Waals surface area contributed by atoms with Gasteiger partial charge in [0.15, 0.2) is 28.4 Å². The number of aryl methyl sites for hydroxylation is 2. The quantitative estimate of drug-likeness (QED) is 0.0228. The van der Waals surface area contributed by atoms with Crippen molar-refractivity contribution in [2.75, 3.05) is 57.4 Å². The Hall–Kier alpha value is -3.88. The Morgan fingerprint density at radius 2 is 1.29 bits per heavy atom. The van der Waals surface area contributed by atoms with Gasteiger partial charge in [-0.05, 0) is 99.6 Å². The number of rotatable bonds is 27. The third kappa shape index (κ3) is 15.7. The van der Waals surface area contributed by atoms with Crippen molar-refractivity contribution in [3.8, 4) is 0 Å². The van der Waals surface area contributed by atoms with Crippen molar-refractivity contribution < 1.29 is 60.7 Å². The summed E-state index contributed by atoms with van der Waals surface area (Å²) in [6.45, 7) is -1.84. The molecule has 2 aromatic rings. The summed E-state index contributed by atoms with van der Waals surface area (Å²) in [5.74, 6) is -1.86. The minimum absolute atomic E-state index is 0.0822. The number of nitrogen functional groups attached to an aromatic ring is 2. The molecule has 350 valence electrons. The molecule has 1 aliphatic carbocycles. The number of carbonyl (C=O) groups is 2. The molecule has 23 heteroatoms. The molecule has 9 unspecified atom stereocenters. The Morgan fingerprint density at radius 3 is 1.82 bits per heavy atom. The maximum Gasteiger partial charge on any atom is 0.280 e. The number of unbranched alkanes of at least 4 members (excludes halogenated alkanes) is 1. The predicted octanol–water partition coefficient (Wildman–Crippen LogP) is -4.61. The normalized spacial score (nSPS) is 17.2. The van der Waals surface area contributed by atoms with E-state index in [1.807, 2.05) is 0 Å². The molecule has 0 saturated carbocycles. The fourth-order valence-corrected chi connectivity index (χ4v) is 7.44. The first-order valence-electron chi connectivity index (χ1n) is 20.7. The summed E-state index contributed by atoms with van der Waals surface area (Å²) in [6.07, 6.45) is -7.00. The third-order valence-corrected chi connectivity index (χ3v) is 11.2. The number of hydrogen-bond donors (Lipinski definition) is 17. The predicted molar refractivity (Wildman–Crippen MR) is 228 cm³/mol. The van der Waals surface area contributed by atoms with Crippen molar-refractivity contribution in [2.24, 2.45) is 5.73 Å². The van der Waals surface area contributed by atoms with Crippen LogP contribution in [-0.2, 0) is 30.5 Å². The molecular weight excluding hydrogens is 836 g/mol. The number of aromatic nitrogens is 2. The number of benzene rings is 1. The van der Waals surface area contributed by atoms with Crippen LogP contribution in [0.4, 0.5) is 11.6 Å². The second-order valence-electron chi connectivity index (χ2n) is 15.6. The average molecular weight is 901 g/mol. The van der Waals surface area contributed by atoms with Crippen LogP contribution < -0.4 is 33.2 Å². The van der Waals surface area contributed by atoms with Gasteiger partial charge in [-0.15, -0.1) is 0 Å². The topological polar surface area (TPSA) is 403 Å². The molecule has 2 amide bonds. The van der Waals surface area contributed by atoms with Crippen molar-refractivity contribution >= 4 is 41.0 Å². The van der Waals surface area contributed by atoms with E-state index in [0.717, 1.165) is 50.5 Å². The molecule has 3 rings (SSSR count). The number of amides is 2. The van der Waals surface area contributed by atoms with Gasteiger partial charge < -0.3 is 78.9 Å². The molecule has 22 nitrogen and oxygen atoms in total. The lowest BCUT2D eigenvalue weighted by Crippen LogP contribution is -2.53. The number of carbonyl (C=O) groups excluding carboxylic acids is 2. The van der Waals surface area contributed by atoms with E-state index in [1.54, 1.807) is 0 Å². The number of nitrogens with two attached hydrogens (primary N) is 3. The molecule has 9 atom stereocenters. The van der Waals surface area contributed by atoms with Gasteiger partial charge in [0.1, 0.15) is 36.6 Å². The Labute approximate surface area is 364 Å². The van der Waals surface area contributed by atoms with Crippen molar-refractivity contribution in [3.05, 3.63) is 45.2 Å². The average Bonchev–Trinajstić information content (AvgIpc) is 3.25. The van der Waals surface area contributed by atoms with E-state index in [4.69, 9.17) is 44.4 Å². The number of fused-ring (bicyclic) bond motifs is 1. The highest BCUT2D eigenvalue weighted by Crippen LogP contribution is 2.30. The van der Waals surface area contributed by atoms with Crippen molar-refractivity contribution in [1.82, 2.24) is 30.8 Å². The zero-order chi connectivity index (χ0) is 46.1. The maximum absolute atomic E-state index is 12.5. The van der Waals surface area contributed by atoms with E-state index < -0.39 is 93.0 Å². The van der Waals surface area contributed by atoms with Crippen molar-refractivity contribution in [1.29, 1.82) is 5.41 Å². The number of aliphatic hydroxyl groups is 10. The minimum Gasteiger partial charge on any atom is -0.394 e. The van der Waals surface area contributed by atoms with E-state index in [0.29, 0.717) is 19.4 Å². The summed E-state index contributed by atoms with van der Waals surface area (Å²) < 4.78 is 0. The number of primary amides is 1. The molecule has 0 saturated heterocycles. The van der Waals surface area contributed by atoms with Gasteiger partial charge in [-0.2, -0.15) is 0 Å². The van der Waals surface area contributed by atoms with Gasteiger partial charge in [-0.25, -0.2) is 9.97 Å². The molecular formula is C39H65ClN10O12. The minimum atomic E-state index is -1.91. The second-order valence-corrected chi connectivity index (χ2v) is 15.9. The molecule has 1 heterocycles. The molecule has 0 bridgehead atoms. The lowest BCUT2D eigenvalue weighted by atomic mass is 9.82. The summed E-state index contributed by atoms with van der Waals surface area (Å²) in [7, 11) is 0. The standard InChI is InChI=1S/C39H65ClN10O12/c40-34-36(42)48-35(41)29(47-34)38(62)49-39(44)46-13-4-3-6-20-9-10-21(23-8-2-1-7-22(20)23)11-12-24(37(43)61)45-14-5-15-50(16-25(53)30(57)32(59)27(55)18-51)17-26(54)31(58)33(60)28(56)19-52/h9-10,24-28,30-33,45,51-60H,1-8,11-19H2,(H2,43,61)(H4,41,42,48)(H3,44,46,49,62). The Kier molecular flexibility index (Phi) is 22.0. The largest absolute Gasteiger partial charge is 0.394 e. The molecule has 20 N–H and O–H groups in total. The van der Waals surface area contributed by atoms with Crippen molar-refractivity contribution in [3.63, 3.8) is 0 Å². The van der Waals surface area contributed by atoms with Crippen LogP contribution in [0.5, 0.6) is 0 Å². The zero-order valence-electron chi connectivity index (χ0n) is 34.6. The summed E-state index contributed by atoms with van der Waals surface area (Å²) in [5, 5.41) is 116. The molecule has 0 aliphatic heterocycles. The Bertz CT molecular complexity index is 1720. The number of halogens is 1. The Balaban J connectivity index is 1.54. The monoisotopic (exact) mass is 900 g/mol. The molecule has 0 radical (unpaired) electrons. The molecule has 0 fully saturated rings. The van der Waals surface area contributed by atoms with E-state index >= 15 is 0 Å². The highest BCUT2D eigenvalue weighted by Gasteiger charge is 2.34. The number of aliphatic hydroxyl groups excluding tert-OH is 10. The van der Waals surface area contributed by atoms with Gasteiger partial charge in [0, 0.05) is 19.6 Å². The van der Waals surface area contributed by atoms with E-state index in [9.17, 15) is 50.4 Å². The molecule has 0 spiro atoms. The molecule has 1 aromatic heterocycles. The summed E-state index contributed by atoms with van der Waals surface area (Å²) >= 11 is 5.85. The zero-order valence-corrected chi connectivity index (χ0v) is 35.4. The van der Waals surface area contributed by atoms with E-state index in [1.165, 1.54) is 21.6 Å². The fraction of sp³-hybridized carbons (Fsp3) is 0.667. The highest BCUT2D eigenvalue weighted by molar-refractivity contribution is 6.31. The van der Waals surface area contributed by atoms with Gasteiger partial charge in [0.05, 0.1) is 31.5 Å². The van der Waals surface area contributed by atoms with Gasteiger partial charge in [0.2, 0.25) is 5.91 Å². The third-order valence-electron chi connectivity index (χ3n) is 10.9. The number of nitrogens with one attached hydrogen (secondary N) is 4. The van der Waals surface area contributed by atoms with Crippen LogP contribution in [0.1, 0.15) is 71.3 Å². The highest BCUT2D eigenvalue weighted by atomic mass is 35.5. The number of nitrogens with zero attached hydrogens (tertiary/aromatic N) is 3. The van der Waals surface area contributed by atoms with Gasteiger partial charge in [-0.3, -0.25) is 25.2 Å². The number of hydrogen-bond acceptors (Lipinski definition) is 19. The fourth-order valence-electron chi connectivity index (χ4n) is 7.32. The number of anilines is 2. The first-order valence-corrected chi connectivity index (χ1v) is 21.0. The van der Waals surface area contributed by atoms with Crippen molar-refractivity contribution in [2.45, 2.75) is 119 Å². The van der Waals surface area contributed by atoms with Crippen LogP contribution in [0.15, 0.2) is 12.1 Å². The van der Waals surface area contributed by atoms with E-state index in [2.05, 4.69) is 38.1 Å². The first kappa shape index (κ1) is 52.5. The van der Waals surface area contributed by atoms with Crippen LogP contribution in [0.25, 0.3) is 0 Å².